The quantitative estimate of drug-likeness (QED) is 0.689. The Morgan fingerprint density at radius 2 is 1.86 bits per heavy atom. The van der Waals surface area contributed by atoms with Crippen LogP contribution in [0.1, 0.15) is 64.7 Å². The average molecular weight is 198 g/mol. The van der Waals surface area contributed by atoms with Crippen LogP contribution in [0.15, 0.2) is 0 Å². The largest absolute Gasteiger partial charge is 0.396 e. The predicted octanol–water partition coefficient (Wildman–Crippen LogP) is 3.76. The van der Waals surface area contributed by atoms with Crippen molar-refractivity contribution in [1.29, 1.82) is 0 Å². The van der Waals surface area contributed by atoms with Crippen molar-refractivity contribution in [1.82, 2.24) is 0 Å². The van der Waals surface area contributed by atoms with Gasteiger partial charge in [0.05, 0.1) is 0 Å². The summed E-state index contributed by atoms with van der Waals surface area (Å²) in [6.45, 7) is 2.63. The molecule has 1 aliphatic carbocycles. The third-order valence-corrected chi connectivity index (χ3v) is 3.82. The van der Waals surface area contributed by atoms with Crippen molar-refractivity contribution in [3.05, 3.63) is 0 Å². The van der Waals surface area contributed by atoms with E-state index in [1.807, 2.05) is 0 Å². The van der Waals surface area contributed by atoms with Crippen LogP contribution in [0.2, 0.25) is 0 Å². The van der Waals surface area contributed by atoms with Crippen molar-refractivity contribution >= 4 is 0 Å². The molecule has 0 spiro atoms. The van der Waals surface area contributed by atoms with Gasteiger partial charge in [0.25, 0.3) is 0 Å². The van der Waals surface area contributed by atoms with Gasteiger partial charge >= 0.3 is 0 Å². The molecule has 1 fully saturated rings. The van der Waals surface area contributed by atoms with E-state index in [2.05, 4.69) is 6.92 Å². The summed E-state index contributed by atoms with van der Waals surface area (Å²) < 4.78 is 0. The van der Waals surface area contributed by atoms with Gasteiger partial charge in [0.15, 0.2) is 0 Å². The number of hydrogen-bond donors (Lipinski definition) is 1. The van der Waals surface area contributed by atoms with Crippen molar-refractivity contribution in [3.63, 3.8) is 0 Å². The minimum Gasteiger partial charge on any atom is -0.396 e. The Morgan fingerprint density at radius 3 is 2.43 bits per heavy atom. The molecule has 1 atom stereocenters. The summed E-state index contributed by atoms with van der Waals surface area (Å²) >= 11 is 0. The van der Waals surface area contributed by atoms with Gasteiger partial charge < -0.3 is 5.11 Å². The standard InChI is InChI=1S/C13H26O/c1-2-12(10-11-14)8-9-13-6-4-3-5-7-13/h12-14H,2-11H2,1H3. The molecule has 1 heteroatoms. The summed E-state index contributed by atoms with van der Waals surface area (Å²) in [5, 5.41) is 8.90. The van der Waals surface area contributed by atoms with Crippen LogP contribution in [0, 0.1) is 11.8 Å². The molecule has 0 aromatic rings. The van der Waals surface area contributed by atoms with E-state index >= 15 is 0 Å². The van der Waals surface area contributed by atoms with Crippen LogP contribution in [-0.2, 0) is 0 Å². The van der Waals surface area contributed by atoms with E-state index in [1.54, 1.807) is 0 Å². The van der Waals surface area contributed by atoms with E-state index in [4.69, 9.17) is 5.11 Å². The fourth-order valence-corrected chi connectivity index (χ4v) is 2.68. The first-order valence-electron chi connectivity index (χ1n) is 6.47. The van der Waals surface area contributed by atoms with Gasteiger partial charge in [-0.3, -0.25) is 0 Å². The molecule has 0 bridgehead atoms. The summed E-state index contributed by atoms with van der Waals surface area (Å²) in [4.78, 5) is 0. The molecule has 1 nitrogen and oxygen atoms in total. The summed E-state index contributed by atoms with van der Waals surface area (Å²) in [7, 11) is 0. The van der Waals surface area contributed by atoms with Gasteiger partial charge in [-0.25, -0.2) is 0 Å². The predicted molar refractivity (Wildman–Crippen MR) is 61.3 cm³/mol. The molecule has 0 aliphatic heterocycles. The number of aliphatic hydroxyl groups is 1. The molecular formula is C13H26O. The molecule has 0 saturated heterocycles. The van der Waals surface area contributed by atoms with Gasteiger partial charge in [0.2, 0.25) is 0 Å². The SMILES string of the molecule is CCC(CCO)CCC1CCCCC1. The maximum Gasteiger partial charge on any atom is 0.0433 e. The lowest BCUT2D eigenvalue weighted by Gasteiger charge is -2.23. The zero-order valence-corrected chi connectivity index (χ0v) is 9.67. The molecule has 0 aromatic heterocycles. The molecule has 1 N–H and O–H groups in total. The summed E-state index contributed by atoms with van der Waals surface area (Å²) in [6.07, 6.45) is 12.3. The molecule has 0 heterocycles. The Morgan fingerprint density at radius 1 is 1.14 bits per heavy atom. The first-order chi connectivity index (χ1) is 6.86. The Labute approximate surface area is 88.9 Å². The van der Waals surface area contributed by atoms with Crippen LogP contribution in [0.5, 0.6) is 0 Å². The zero-order chi connectivity index (χ0) is 10.2. The Bertz CT molecular complexity index is 122. The van der Waals surface area contributed by atoms with Crippen molar-refractivity contribution in [2.75, 3.05) is 6.61 Å². The van der Waals surface area contributed by atoms with E-state index in [9.17, 15) is 0 Å². The van der Waals surface area contributed by atoms with Crippen LogP contribution in [0.25, 0.3) is 0 Å². The van der Waals surface area contributed by atoms with Crippen molar-refractivity contribution in [3.8, 4) is 0 Å². The summed E-state index contributed by atoms with van der Waals surface area (Å²) in [6, 6.07) is 0. The van der Waals surface area contributed by atoms with E-state index in [1.165, 1.54) is 51.4 Å². The van der Waals surface area contributed by atoms with E-state index in [0.29, 0.717) is 6.61 Å². The Balaban J connectivity index is 2.10. The second-order valence-corrected chi connectivity index (χ2v) is 4.87. The molecule has 1 rings (SSSR count). The van der Waals surface area contributed by atoms with Crippen molar-refractivity contribution < 1.29 is 5.11 Å². The number of aliphatic hydroxyl groups excluding tert-OH is 1. The highest BCUT2D eigenvalue weighted by Gasteiger charge is 2.15. The molecule has 1 unspecified atom stereocenters. The third kappa shape index (κ3) is 4.45. The topological polar surface area (TPSA) is 20.2 Å². The Kier molecular flexibility index (Phi) is 6.25. The van der Waals surface area contributed by atoms with Gasteiger partial charge in [-0.05, 0) is 18.3 Å². The van der Waals surface area contributed by atoms with Crippen LogP contribution in [0.4, 0.5) is 0 Å². The lowest BCUT2D eigenvalue weighted by atomic mass is 9.83. The molecular weight excluding hydrogens is 172 g/mol. The fourth-order valence-electron chi connectivity index (χ4n) is 2.68. The second-order valence-electron chi connectivity index (χ2n) is 4.87. The molecule has 84 valence electrons. The van der Waals surface area contributed by atoms with Crippen LogP contribution < -0.4 is 0 Å². The summed E-state index contributed by atoms with van der Waals surface area (Å²) in [5.74, 6) is 1.79. The first-order valence-corrected chi connectivity index (χ1v) is 6.47. The smallest absolute Gasteiger partial charge is 0.0433 e. The fraction of sp³-hybridized carbons (Fsp3) is 1.00. The second kappa shape index (κ2) is 7.28. The number of rotatable bonds is 6. The highest BCUT2D eigenvalue weighted by molar-refractivity contribution is 4.68. The molecule has 14 heavy (non-hydrogen) atoms. The van der Waals surface area contributed by atoms with Crippen LogP contribution in [-0.4, -0.2) is 11.7 Å². The van der Waals surface area contributed by atoms with E-state index in [-0.39, 0.29) is 0 Å². The van der Waals surface area contributed by atoms with Crippen molar-refractivity contribution in [2.45, 2.75) is 64.7 Å². The Hall–Kier alpha value is -0.0400. The van der Waals surface area contributed by atoms with Gasteiger partial charge in [-0.15, -0.1) is 0 Å². The minimum atomic E-state index is 0.378. The lowest BCUT2D eigenvalue weighted by molar-refractivity contribution is 0.234. The highest BCUT2D eigenvalue weighted by Crippen LogP contribution is 2.29. The molecule has 1 aliphatic rings. The van der Waals surface area contributed by atoms with Gasteiger partial charge in [-0.2, -0.15) is 0 Å². The van der Waals surface area contributed by atoms with Crippen LogP contribution in [0.3, 0.4) is 0 Å². The van der Waals surface area contributed by atoms with Gasteiger partial charge in [0, 0.05) is 6.61 Å². The normalized spacial score (nSPS) is 21.0. The van der Waals surface area contributed by atoms with Crippen molar-refractivity contribution in [2.24, 2.45) is 11.8 Å². The first kappa shape index (κ1) is 12.0. The maximum atomic E-state index is 8.90. The molecule has 0 radical (unpaired) electrons. The van der Waals surface area contributed by atoms with E-state index in [0.717, 1.165) is 18.3 Å². The summed E-state index contributed by atoms with van der Waals surface area (Å²) in [5.41, 5.74) is 0. The average Bonchev–Trinajstić information content (AvgIpc) is 2.25. The van der Waals surface area contributed by atoms with Gasteiger partial charge in [0.1, 0.15) is 0 Å². The maximum absolute atomic E-state index is 8.90. The van der Waals surface area contributed by atoms with Gasteiger partial charge in [-0.1, -0.05) is 58.3 Å². The van der Waals surface area contributed by atoms with Crippen LogP contribution >= 0.6 is 0 Å². The zero-order valence-electron chi connectivity index (χ0n) is 9.67. The monoisotopic (exact) mass is 198 g/mol. The highest BCUT2D eigenvalue weighted by atomic mass is 16.3. The number of hydrogen-bond acceptors (Lipinski definition) is 1. The molecule has 0 aromatic carbocycles. The third-order valence-electron chi connectivity index (χ3n) is 3.82. The molecule has 1 saturated carbocycles. The minimum absolute atomic E-state index is 0.378. The lowest BCUT2D eigenvalue weighted by Crippen LogP contribution is -2.09. The van der Waals surface area contributed by atoms with E-state index < -0.39 is 0 Å². The molecule has 0 amide bonds.